The molecule has 7 rings (SSSR count). The molecule has 0 atom stereocenters. The molecule has 1 aliphatic rings. The van der Waals surface area contributed by atoms with Gasteiger partial charge in [-0.3, -0.25) is 14.4 Å². The number of rotatable bonds is 15. The summed E-state index contributed by atoms with van der Waals surface area (Å²) in [4.78, 5) is 46.3. The van der Waals surface area contributed by atoms with Gasteiger partial charge in [0.15, 0.2) is 0 Å². The molecule has 1 saturated carbocycles. The standard InChI is InChI=1S/C84H81N3O12/c1-79(2,91)40-34-61-46-58(19-16-55-22-28-67(97-13)29-23-55)47-62(35-41-80(3,4)92)73(61)85-52-70-76(88)71(53-86-74-63(36-42-81(5,6)93)48-59(49-64(74)37-43-82(7,8)94)20-17-56-24-30-68(98-14)31-25-56)78(90)72(77(70)89)54-87-75-65(38-44-83(9,10)95)50-60(51-66(75)39-45-84(11,12)96)21-18-57-26-32-69(99-15)33-27-57/h16-33,46-54,85-87,91-96H,1-15H3/b19-16+,20-17+,21-18+,70-52?,71-53?,72-54?. The Kier molecular flexibility index (Phi) is 24.0. The van der Waals surface area contributed by atoms with Crippen molar-refractivity contribution in [3.8, 4) is 88.3 Å². The van der Waals surface area contributed by atoms with Crippen LogP contribution in [0, 0.1) is 71.0 Å². The van der Waals surface area contributed by atoms with Crippen molar-refractivity contribution < 1.29 is 59.2 Å². The first-order valence-electron chi connectivity index (χ1n) is 31.4. The Hall–Kier alpha value is -11.3. The number of carbonyl (C=O) groups excluding carboxylic acids is 3. The van der Waals surface area contributed by atoms with Crippen LogP contribution in [0.4, 0.5) is 17.1 Å². The van der Waals surface area contributed by atoms with Gasteiger partial charge in [0.1, 0.15) is 50.9 Å². The molecule has 9 N–H and O–H groups in total. The quantitative estimate of drug-likeness (QED) is 0.0201. The minimum absolute atomic E-state index is 0.153. The van der Waals surface area contributed by atoms with Gasteiger partial charge in [-0.05, 0) is 189 Å². The maximum absolute atomic E-state index is 15.4. The number of carbonyl (C=O) groups is 3. The Morgan fingerprint density at radius 3 is 0.626 bits per heavy atom. The summed E-state index contributed by atoms with van der Waals surface area (Å²) in [6, 6.07) is 32.3. The Labute approximate surface area is 580 Å². The highest BCUT2D eigenvalue weighted by Crippen LogP contribution is 2.33. The lowest BCUT2D eigenvalue weighted by Crippen LogP contribution is -2.33. The number of ketones is 3. The molecular weight excluding hydrogens is 1240 g/mol. The van der Waals surface area contributed by atoms with Gasteiger partial charge < -0.3 is 60.8 Å². The number of nitrogens with one attached hydrogen (secondary N) is 3. The number of allylic oxidation sites excluding steroid dienone is 3. The second-order valence-electron chi connectivity index (χ2n) is 26.2. The number of hydrogen-bond acceptors (Lipinski definition) is 15. The molecule has 6 aromatic rings. The van der Waals surface area contributed by atoms with Crippen LogP contribution in [0.3, 0.4) is 0 Å². The van der Waals surface area contributed by atoms with Crippen LogP contribution in [-0.4, -0.2) is 103 Å². The fraction of sp³-hybridized carbons (Fsp3) is 0.250. The lowest BCUT2D eigenvalue weighted by Gasteiger charge is -2.20. The Balaban J connectivity index is 1.51. The van der Waals surface area contributed by atoms with Crippen LogP contribution in [-0.2, 0) is 14.4 Å². The van der Waals surface area contributed by atoms with Gasteiger partial charge in [-0.25, -0.2) is 0 Å². The first-order valence-corrected chi connectivity index (χ1v) is 31.4. The van der Waals surface area contributed by atoms with E-state index < -0.39 is 67.7 Å². The second kappa shape index (κ2) is 31.7. The van der Waals surface area contributed by atoms with Crippen LogP contribution < -0.4 is 30.2 Å². The first kappa shape index (κ1) is 75.1. The van der Waals surface area contributed by atoms with Gasteiger partial charge in [0.2, 0.25) is 17.3 Å². The van der Waals surface area contributed by atoms with E-state index in [9.17, 15) is 30.6 Å². The summed E-state index contributed by atoms with van der Waals surface area (Å²) in [6.07, 6.45) is 14.4. The van der Waals surface area contributed by atoms with Gasteiger partial charge in [-0.15, -0.1) is 0 Å². The van der Waals surface area contributed by atoms with Crippen molar-refractivity contribution in [1.82, 2.24) is 0 Å². The van der Waals surface area contributed by atoms with Crippen molar-refractivity contribution in [3.05, 3.63) is 211 Å². The fourth-order valence-corrected chi connectivity index (χ4v) is 8.95. The van der Waals surface area contributed by atoms with E-state index in [1.54, 1.807) is 57.7 Å². The molecule has 0 heterocycles. The summed E-state index contributed by atoms with van der Waals surface area (Å²) in [6.45, 7) is 18.0. The fourth-order valence-electron chi connectivity index (χ4n) is 8.95. The summed E-state index contributed by atoms with van der Waals surface area (Å²) in [7, 11) is 4.72. The molecule has 1 aliphatic carbocycles. The molecule has 1 fully saturated rings. The highest BCUT2D eigenvalue weighted by atomic mass is 16.5. The predicted molar refractivity (Wildman–Crippen MR) is 394 cm³/mol. The predicted octanol–water partition coefficient (Wildman–Crippen LogP) is 12.0. The molecule has 99 heavy (non-hydrogen) atoms. The summed E-state index contributed by atoms with van der Waals surface area (Å²) in [5, 5.41) is 75.1. The SMILES string of the molecule is COc1ccc(/C=C/c2cc(C#CC(C)(C)O)c(NC=C3C(=O)C(=CNc4c(C#CC(C)(C)O)cc(/C=C/c5ccc(OC)cc5)cc4C#CC(C)(C)O)C(=O)C(=CNc4c(C#CC(C)(C)O)cc(/C=C/c5ccc(OC)cc5)cc4C#CC(C)(C)O)C3=O)c(C#CC(C)(C)O)c2)cc1. The van der Waals surface area contributed by atoms with Crippen molar-refractivity contribution >= 4 is 70.9 Å². The zero-order chi connectivity index (χ0) is 72.7. The molecular formula is C84H81N3O12. The van der Waals surface area contributed by atoms with Crippen molar-refractivity contribution in [3.63, 3.8) is 0 Å². The highest BCUT2D eigenvalue weighted by Gasteiger charge is 2.39. The second-order valence-corrected chi connectivity index (χ2v) is 26.2. The smallest absolute Gasteiger partial charge is 0.203 e. The number of methoxy groups -OCH3 is 3. The summed E-state index contributed by atoms with van der Waals surface area (Å²) in [5.74, 6) is 34.2. The average Bonchev–Trinajstić information content (AvgIpc) is 0.772. The number of Topliss-reactive ketones (excluding diaryl/α,β-unsaturated/α-hetero) is 3. The minimum atomic E-state index is -1.51. The van der Waals surface area contributed by atoms with Crippen molar-refractivity contribution in [1.29, 1.82) is 0 Å². The van der Waals surface area contributed by atoms with Gasteiger partial charge in [-0.1, -0.05) is 144 Å². The van der Waals surface area contributed by atoms with Gasteiger partial charge in [-0.2, -0.15) is 0 Å². The molecule has 0 bridgehead atoms. The molecule has 15 heteroatoms. The van der Waals surface area contributed by atoms with Gasteiger partial charge in [0, 0.05) is 52.0 Å². The lowest BCUT2D eigenvalue weighted by molar-refractivity contribution is -0.124. The molecule has 0 amide bonds. The molecule has 0 aliphatic heterocycles. The van der Waals surface area contributed by atoms with E-state index in [1.165, 1.54) is 83.1 Å². The van der Waals surface area contributed by atoms with E-state index in [-0.39, 0.29) is 50.4 Å². The van der Waals surface area contributed by atoms with E-state index in [4.69, 9.17) is 14.2 Å². The number of aliphatic hydroxyl groups is 6. The number of ether oxygens (including phenoxy) is 3. The molecule has 15 nitrogen and oxygen atoms in total. The zero-order valence-corrected chi connectivity index (χ0v) is 58.2. The number of anilines is 3. The van der Waals surface area contributed by atoms with Gasteiger partial charge in [0.25, 0.3) is 0 Å². The van der Waals surface area contributed by atoms with Crippen LogP contribution in [0.5, 0.6) is 17.2 Å². The summed E-state index contributed by atoms with van der Waals surface area (Å²) >= 11 is 0. The van der Waals surface area contributed by atoms with Crippen molar-refractivity contribution in [2.75, 3.05) is 37.3 Å². The highest BCUT2D eigenvalue weighted by molar-refractivity contribution is 6.52. The molecule has 0 spiro atoms. The van der Waals surface area contributed by atoms with Crippen molar-refractivity contribution in [2.45, 2.75) is 117 Å². The third-order valence-electron chi connectivity index (χ3n) is 13.8. The van der Waals surface area contributed by atoms with Gasteiger partial charge in [0.05, 0.1) is 55.1 Å². The minimum Gasteiger partial charge on any atom is -0.497 e. The van der Waals surface area contributed by atoms with E-state index in [0.29, 0.717) is 33.9 Å². The van der Waals surface area contributed by atoms with Crippen LogP contribution in [0.2, 0.25) is 0 Å². The van der Waals surface area contributed by atoms with Crippen LogP contribution in [0.15, 0.2) is 145 Å². The number of benzene rings is 6. The molecule has 0 aromatic heterocycles. The summed E-state index contributed by atoms with van der Waals surface area (Å²) in [5.41, 5.74) is -4.58. The average molecular weight is 1320 g/mol. The largest absolute Gasteiger partial charge is 0.497 e. The van der Waals surface area contributed by atoms with Crippen LogP contribution in [0.1, 0.15) is 150 Å². The van der Waals surface area contributed by atoms with E-state index in [1.807, 2.05) is 109 Å². The maximum Gasteiger partial charge on any atom is 0.203 e. The van der Waals surface area contributed by atoms with E-state index >= 15 is 14.4 Å². The normalized spacial score (nSPS) is 12.7. The van der Waals surface area contributed by atoms with E-state index in [0.717, 1.165) is 35.3 Å². The first-order chi connectivity index (χ1) is 46.3. The lowest BCUT2D eigenvalue weighted by atomic mass is 9.84. The van der Waals surface area contributed by atoms with Gasteiger partial charge >= 0.3 is 0 Å². The molecule has 0 unspecified atom stereocenters. The number of hydrogen-bond donors (Lipinski definition) is 9. The zero-order valence-electron chi connectivity index (χ0n) is 58.2. The molecule has 0 saturated heterocycles. The Morgan fingerprint density at radius 2 is 0.465 bits per heavy atom. The molecule has 0 radical (unpaired) electrons. The van der Waals surface area contributed by atoms with Crippen LogP contribution >= 0.6 is 0 Å². The van der Waals surface area contributed by atoms with Crippen molar-refractivity contribution in [2.24, 2.45) is 0 Å². The third kappa shape index (κ3) is 23.5. The Bertz CT molecular complexity index is 4030. The third-order valence-corrected chi connectivity index (χ3v) is 13.8. The van der Waals surface area contributed by atoms with Crippen LogP contribution in [0.25, 0.3) is 36.5 Å². The maximum atomic E-state index is 15.4. The Morgan fingerprint density at radius 1 is 0.293 bits per heavy atom. The summed E-state index contributed by atoms with van der Waals surface area (Å²) < 4.78 is 16.0. The molecule has 6 aromatic carbocycles. The topological polar surface area (TPSA) is 236 Å². The van der Waals surface area contributed by atoms with E-state index in [2.05, 4.69) is 87.0 Å². The monoisotopic (exact) mass is 1320 g/mol. The molecule has 504 valence electrons.